The number of ketones is 2. The number of nitrogens with two attached hydrogens (primary N) is 2. The summed E-state index contributed by atoms with van der Waals surface area (Å²) in [4.78, 5) is 62.0. The van der Waals surface area contributed by atoms with Crippen LogP contribution in [0.2, 0.25) is 0 Å². The fourth-order valence-corrected chi connectivity index (χ4v) is 1.75. The summed E-state index contributed by atoms with van der Waals surface area (Å²) in [6.45, 7) is 12.0. The van der Waals surface area contributed by atoms with Gasteiger partial charge in [-0.2, -0.15) is 0 Å². The molecule has 0 aromatic rings. The van der Waals surface area contributed by atoms with Crippen molar-refractivity contribution in [3.63, 3.8) is 0 Å². The number of hydrogen-bond donors (Lipinski definition) is 6. The molecule has 0 fully saturated rings. The van der Waals surface area contributed by atoms with Gasteiger partial charge >= 0.3 is 11.9 Å². The van der Waals surface area contributed by atoms with Crippen LogP contribution in [0.4, 0.5) is 0 Å². The average Bonchev–Trinajstić information content (AvgIpc) is 2.91. The molecular weight excluding hydrogens is 556 g/mol. The lowest BCUT2D eigenvalue weighted by Crippen LogP contribution is -2.19. The number of methoxy groups -OCH3 is 2. The Morgan fingerprint density at radius 2 is 1.02 bits per heavy atom. The molecule has 0 aliphatic carbocycles. The van der Waals surface area contributed by atoms with Gasteiger partial charge in [-0.25, -0.2) is 4.79 Å². The van der Waals surface area contributed by atoms with E-state index >= 15 is 0 Å². The van der Waals surface area contributed by atoms with E-state index in [-0.39, 0.29) is 53.1 Å². The average molecular weight is 615 g/mol. The molecule has 252 valence electrons. The van der Waals surface area contributed by atoms with Gasteiger partial charge in [-0.3, -0.25) is 24.0 Å². The van der Waals surface area contributed by atoms with E-state index < -0.39 is 5.97 Å². The maximum absolute atomic E-state index is 10.7. The summed E-state index contributed by atoms with van der Waals surface area (Å²) in [7, 11) is 8.73. The van der Waals surface area contributed by atoms with Crippen LogP contribution in [0.25, 0.3) is 0 Å². The smallest absolute Gasteiger partial charge is 0.332 e. The maximum Gasteiger partial charge on any atom is 0.332 e. The molecule has 0 atom stereocenters. The van der Waals surface area contributed by atoms with Crippen LogP contribution >= 0.6 is 0 Å². The third-order valence-electron chi connectivity index (χ3n) is 3.35. The number of likely N-dealkylation sites (N-methyl/N-ethyl adjacent to an activating group) is 1. The molecule has 0 saturated carbocycles. The number of carbonyl (C=O) groups is 6. The van der Waals surface area contributed by atoms with Crippen LogP contribution in [-0.2, 0) is 38.2 Å². The van der Waals surface area contributed by atoms with Crippen molar-refractivity contribution in [1.29, 1.82) is 0 Å². The highest BCUT2D eigenvalue weighted by Crippen LogP contribution is 1.86. The Morgan fingerprint density at radius 1 is 0.643 bits per heavy atom. The first-order chi connectivity index (χ1) is 18.7. The van der Waals surface area contributed by atoms with E-state index in [9.17, 15) is 28.8 Å². The van der Waals surface area contributed by atoms with Crippen LogP contribution in [0, 0.1) is 0 Å². The second-order valence-corrected chi connectivity index (χ2v) is 6.86. The van der Waals surface area contributed by atoms with E-state index in [2.05, 4.69) is 42.2 Å². The van der Waals surface area contributed by atoms with Gasteiger partial charge < -0.3 is 53.2 Å². The number of hydrogen-bond acceptors (Lipinski definition) is 12. The Labute approximate surface area is 251 Å². The fraction of sp³-hybridized carbons (Fsp3) is 0.615. The minimum atomic E-state index is -0.475. The van der Waals surface area contributed by atoms with E-state index in [0.29, 0.717) is 0 Å². The van der Waals surface area contributed by atoms with Crippen LogP contribution < -0.4 is 32.7 Å². The Morgan fingerprint density at radius 3 is 1.24 bits per heavy atom. The van der Waals surface area contributed by atoms with E-state index in [4.69, 9.17) is 0 Å². The highest BCUT2D eigenvalue weighted by atomic mass is 16.5. The number of rotatable bonds is 10. The normalized spacial score (nSPS) is 8.62. The van der Waals surface area contributed by atoms with Crippen molar-refractivity contribution in [2.24, 2.45) is 11.5 Å². The topological polar surface area (TPSA) is 284 Å². The van der Waals surface area contributed by atoms with Crippen LogP contribution in [0.3, 0.4) is 0 Å². The molecule has 0 aromatic carbocycles. The number of ether oxygens (including phenoxy) is 2. The van der Waals surface area contributed by atoms with Crippen molar-refractivity contribution in [1.82, 2.24) is 21.3 Å². The second kappa shape index (κ2) is 47.0. The van der Waals surface area contributed by atoms with E-state index in [0.717, 1.165) is 24.5 Å². The summed E-state index contributed by atoms with van der Waals surface area (Å²) in [6.07, 6.45) is 2.83. The lowest BCUT2D eigenvalue weighted by molar-refractivity contribution is -0.143. The lowest BCUT2D eigenvalue weighted by Gasteiger charge is -2.00. The summed E-state index contributed by atoms with van der Waals surface area (Å²) < 4.78 is 8.61. The Hall–Kier alpha value is -3.86. The minimum Gasteiger partial charge on any atom is -0.469 e. The molecule has 0 aromatic heterocycles. The van der Waals surface area contributed by atoms with Gasteiger partial charge in [-0.1, -0.05) is 0 Å². The predicted octanol–water partition coefficient (Wildman–Crippen LogP) is -1.73. The molecule has 42 heavy (non-hydrogen) atoms. The van der Waals surface area contributed by atoms with Gasteiger partial charge in [-0.15, -0.1) is 0 Å². The zero-order chi connectivity index (χ0) is 33.1. The van der Waals surface area contributed by atoms with Crippen molar-refractivity contribution in [3.05, 3.63) is 23.5 Å². The van der Waals surface area contributed by atoms with Crippen molar-refractivity contribution >= 4 is 35.3 Å². The van der Waals surface area contributed by atoms with Crippen LogP contribution in [-0.4, -0.2) is 102 Å². The summed E-state index contributed by atoms with van der Waals surface area (Å²) in [5.74, 6) is -1.37. The third kappa shape index (κ3) is 65.3. The van der Waals surface area contributed by atoms with Gasteiger partial charge in [0.05, 0.1) is 20.6 Å². The number of allylic oxidation sites excluding steroid dienone is 2. The van der Waals surface area contributed by atoms with Crippen LogP contribution in [0.1, 0.15) is 54.4 Å². The number of carbonyl (C=O) groups excluding carboxylic acids is 6. The molecule has 0 bridgehead atoms. The third-order valence-corrected chi connectivity index (χ3v) is 3.35. The molecule has 2 amide bonds. The highest BCUT2D eigenvalue weighted by Gasteiger charge is 2.01. The van der Waals surface area contributed by atoms with Crippen molar-refractivity contribution < 1.29 is 49.2 Å². The van der Waals surface area contributed by atoms with Gasteiger partial charge in [0, 0.05) is 50.7 Å². The van der Waals surface area contributed by atoms with Crippen LogP contribution in [0.15, 0.2) is 23.5 Å². The second-order valence-electron chi connectivity index (χ2n) is 6.86. The van der Waals surface area contributed by atoms with E-state index in [1.54, 1.807) is 7.05 Å². The molecule has 0 saturated heterocycles. The Balaban J connectivity index is -0.0000000580. The summed E-state index contributed by atoms with van der Waals surface area (Å²) in [6, 6.07) is 0. The van der Waals surface area contributed by atoms with Gasteiger partial charge in [0.25, 0.3) is 0 Å². The first-order valence-corrected chi connectivity index (χ1v) is 12.3. The number of esters is 2. The Bertz CT molecular complexity index is 696. The van der Waals surface area contributed by atoms with Crippen molar-refractivity contribution in [2.75, 3.05) is 55.5 Å². The highest BCUT2D eigenvalue weighted by molar-refractivity contribution is 5.96. The molecule has 0 radical (unpaired) electrons. The monoisotopic (exact) mass is 614 g/mol. The van der Waals surface area contributed by atoms with Gasteiger partial charge in [-0.05, 0) is 55.6 Å². The first-order valence-electron chi connectivity index (χ1n) is 12.3. The number of nitrogens with one attached hydrogen (secondary N) is 4. The van der Waals surface area contributed by atoms with E-state index in [1.807, 2.05) is 27.7 Å². The minimum absolute atomic E-state index is 0. The molecule has 0 heterocycles. The molecule has 16 heteroatoms. The van der Waals surface area contributed by atoms with E-state index in [1.165, 1.54) is 61.4 Å². The zero-order valence-corrected chi connectivity index (χ0v) is 27.4. The maximum atomic E-state index is 10.7. The molecule has 16 nitrogen and oxygen atoms in total. The Kier molecular flexibility index (Phi) is 64.8. The number of amides is 2. The zero-order valence-electron chi connectivity index (χ0n) is 27.4. The number of Topliss-reactive ketones (excluding diaryl/α,β-unsaturated/α-hetero) is 2. The first kappa shape index (κ1) is 57.9. The quantitative estimate of drug-likeness (QED) is 0.0909. The largest absolute Gasteiger partial charge is 0.469 e. The van der Waals surface area contributed by atoms with Gasteiger partial charge in [0.15, 0.2) is 0 Å². The van der Waals surface area contributed by atoms with Crippen LogP contribution in [0.5, 0.6) is 0 Å². The lowest BCUT2D eigenvalue weighted by atomic mass is 10.3. The molecule has 0 aliphatic rings. The van der Waals surface area contributed by atoms with Gasteiger partial charge in [0.1, 0.15) is 18.0 Å². The molecule has 12 N–H and O–H groups in total. The summed E-state index contributed by atoms with van der Waals surface area (Å²) in [5, 5.41) is 10.8. The SMILES string of the molecule is CCN/C(C)=C/C(=O)NC.CCN/C(C)=C/C(=O)OC.CN.CN.CNC(=O)CC(C)=O.COC(=O)CC(C)=O.O.O. The molecule has 0 rings (SSSR count). The summed E-state index contributed by atoms with van der Waals surface area (Å²) in [5.41, 5.74) is 10.7. The molecule has 0 aliphatic heterocycles. The van der Waals surface area contributed by atoms with Crippen molar-refractivity contribution in [2.45, 2.75) is 54.4 Å². The predicted molar refractivity (Wildman–Crippen MR) is 165 cm³/mol. The van der Waals surface area contributed by atoms with Gasteiger partial charge in [0.2, 0.25) is 11.8 Å². The standard InChI is InChI=1S/C7H14N2O.C7H13NO2.C5H9NO2.C5H8O3.2CH5N.2H2O/c1-4-9-6(2)5-7(10)8-3;1-4-8-6(2)5-7(9)10-3;1-4(7)3-5(8)6-2;1-4(6)3-5(7)8-2;2*1-2;;/h5,9H,4H2,1-3H3,(H,8,10);5,8H,4H2,1-3H3;3H2,1-2H3,(H,6,8);3H2,1-2H3;2*2H2,1H3;2*1H2/b2*6-5+;;;;;;. The van der Waals surface area contributed by atoms with Crippen molar-refractivity contribution in [3.8, 4) is 0 Å². The molecule has 0 unspecified atom stereocenters. The molecular formula is C26H58N6O10. The molecule has 0 spiro atoms. The fourth-order valence-electron chi connectivity index (χ4n) is 1.75. The summed E-state index contributed by atoms with van der Waals surface area (Å²) >= 11 is 0.